The summed E-state index contributed by atoms with van der Waals surface area (Å²) in [5.74, 6) is 0.488. The van der Waals surface area contributed by atoms with Crippen LogP contribution in [0, 0.1) is 22.0 Å². The van der Waals surface area contributed by atoms with Gasteiger partial charge in [-0.25, -0.2) is 0 Å². The molecule has 0 heterocycles. The summed E-state index contributed by atoms with van der Waals surface area (Å²) in [4.78, 5) is 25.5. The van der Waals surface area contributed by atoms with Gasteiger partial charge in [0.2, 0.25) is 0 Å². The number of nitrogens with zero attached hydrogens (tertiary/aromatic N) is 2. The molecule has 0 saturated heterocycles. The van der Waals surface area contributed by atoms with Crippen LogP contribution >= 0.6 is 0 Å². The molecule has 0 unspecified atom stereocenters. The second-order valence-electron chi connectivity index (χ2n) is 8.52. The lowest BCUT2D eigenvalue weighted by molar-refractivity contribution is -0.384. The number of rotatable bonds is 10. The number of anilines is 1. The van der Waals surface area contributed by atoms with Crippen molar-refractivity contribution in [1.29, 1.82) is 0 Å². The van der Waals surface area contributed by atoms with Gasteiger partial charge in [0.25, 0.3) is 5.69 Å². The highest BCUT2D eigenvalue weighted by Crippen LogP contribution is 2.36. The standard InChI is InChI=1S/C21H34N2O4/c1-8-27-20(24)12-21(6,7)17-9-10-18(19(11-17)23(25)26)22(13-15(2)3)14-16(4)5/h9-11,15-16H,8,12-14H2,1-7H3. The van der Waals surface area contributed by atoms with Crippen molar-refractivity contribution in [1.82, 2.24) is 0 Å². The van der Waals surface area contributed by atoms with Gasteiger partial charge < -0.3 is 9.64 Å². The number of nitro groups is 1. The minimum absolute atomic E-state index is 0.0886. The molecule has 0 aliphatic rings. The summed E-state index contributed by atoms with van der Waals surface area (Å²) in [6.07, 6.45) is 0.180. The normalized spacial score (nSPS) is 11.7. The Hall–Kier alpha value is -2.11. The third-order valence-electron chi connectivity index (χ3n) is 4.36. The fourth-order valence-corrected chi connectivity index (χ4v) is 3.19. The maximum atomic E-state index is 11.9. The average Bonchev–Trinajstić information content (AvgIpc) is 2.52. The van der Waals surface area contributed by atoms with Gasteiger partial charge in [-0.1, -0.05) is 47.6 Å². The Bertz CT molecular complexity index is 644. The molecular formula is C21H34N2O4. The van der Waals surface area contributed by atoms with Gasteiger partial charge in [-0.15, -0.1) is 0 Å². The van der Waals surface area contributed by atoms with Crippen LogP contribution in [0.1, 0.15) is 60.5 Å². The zero-order chi connectivity index (χ0) is 20.8. The topological polar surface area (TPSA) is 72.7 Å². The number of hydrogen-bond acceptors (Lipinski definition) is 5. The van der Waals surface area contributed by atoms with Crippen LogP contribution in [0.5, 0.6) is 0 Å². The van der Waals surface area contributed by atoms with Crippen LogP contribution in [-0.4, -0.2) is 30.6 Å². The minimum atomic E-state index is -0.545. The summed E-state index contributed by atoms with van der Waals surface area (Å²) in [6, 6.07) is 5.34. The molecule has 0 radical (unpaired) electrons. The molecule has 1 rings (SSSR count). The molecule has 0 amide bonds. The zero-order valence-corrected chi connectivity index (χ0v) is 17.7. The maximum absolute atomic E-state index is 11.9. The number of benzene rings is 1. The number of hydrogen-bond donors (Lipinski definition) is 0. The first-order valence-corrected chi connectivity index (χ1v) is 9.67. The van der Waals surface area contributed by atoms with E-state index < -0.39 is 5.41 Å². The van der Waals surface area contributed by atoms with E-state index in [-0.39, 0.29) is 23.0 Å². The summed E-state index contributed by atoms with van der Waals surface area (Å²) in [5.41, 5.74) is 0.945. The molecule has 0 aliphatic carbocycles. The smallest absolute Gasteiger partial charge is 0.306 e. The quantitative estimate of drug-likeness (QED) is 0.327. The fraction of sp³-hybridized carbons (Fsp3) is 0.667. The fourth-order valence-electron chi connectivity index (χ4n) is 3.19. The highest BCUT2D eigenvalue weighted by atomic mass is 16.6. The van der Waals surface area contributed by atoms with Gasteiger partial charge in [-0.05, 0) is 30.4 Å². The molecule has 0 fully saturated rings. The van der Waals surface area contributed by atoms with Gasteiger partial charge in [-0.2, -0.15) is 0 Å². The molecular weight excluding hydrogens is 344 g/mol. The molecule has 6 heteroatoms. The van der Waals surface area contributed by atoms with Crippen molar-refractivity contribution in [2.24, 2.45) is 11.8 Å². The van der Waals surface area contributed by atoms with E-state index in [2.05, 4.69) is 32.6 Å². The maximum Gasteiger partial charge on any atom is 0.306 e. The number of ether oxygens (including phenoxy) is 1. The first-order valence-electron chi connectivity index (χ1n) is 9.67. The van der Waals surface area contributed by atoms with Gasteiger partial charge in [0.15, 0.2) is 0 Å². The van der Waals surface area contributed by atoms with Crippen molar-refractivity contribution in [2.75, 3.05) is 24.6 Å². The van der Waals surface area contributed by atoms with Crippen LogP contribution in [0.25, 0.3) is 0 Å². The Kier molecular flexibility index (Phi) is 8.25. The van der Waals surface area contributed by atoms with Gasteiger partial charge >= 0.3 is 5.97 Å². The van der Waals surface area contributed by atoms with E-state index in [1.54, 1.807) is 13.0 Å². The van der Waals surface area contributed by atoms with E-state index in [1.165, 1.54) is 0 Å². The predicted molar refractivity (Wildman–Crippen MR) is 109 cm³/mol. The molecule has 0 aliphatic heterocycles. The van der Waals surface area contributed by atoms with Crippen LogP contribution in [0.3, 0.4) is 0 Å². The Morgan fingerprint density at radius 1 is 1.19 bits per heavy atom. The lowest BCUT2D eigenvalue weighted by atomic mass is 9.81. The van der Waals surface area contributed by atoms with E-state index in [0.29, 0.717) is 24.1 Å². The second kappa shape index (κ2) is 9.72. The number of nitro benzene ring substituents is 1. The first-order chi connectivity index (χ1) is 12.5. The third-order valence-corrected chi connectivity index (χ3v) is 4.36. The summed E-state index contributed by atoms with van der Waals surface area (Å²) in [5, 5.41) is 11.8. The SMILES string of the molecule is CCOC(=O)CC(C)(C)c1ccc(N(CC(C)C)CC(C)C)c([N+](=O)[O-])c1. The zero-order valence-electron chi connectivity index (χ0n) is 17.7. The van der Waals surface area contributed by atoms with Crippen molar-refractivity contribution >= 4 is 17.3 Å². The van der Waals surface area contributed by atoms with Crippen molar-refractivity contribution < 1.29 is 14.5 Å². The summed E-state index contributed by atoms with van der Waals surface area (Å²) in [7, 11) is 0. The summed E-state index contributed by atoms with van der Waals surface area (Å²) < 4.78 is 5.05. The van der Waals surface area contributed by atoms with Crippen molar-refractivity contribution in [3.8, 4) is 0 Å². The molecule has 6 nitrogen and oxygen atoms in total. The molecule has 0 spiro atoms. The van der Waals surface area contributed by atoms with Crippen LogP contribution in [0.2, 0.25) is 0 Å². The van der Waals surface area contributed by atoms with E-state index in [0.717, 1.165) is 18.7 Å². The van der Waals surface area contributed by atoms with Gasteiger partial charge in [-0.3, -0.25) is 14.9 Å². The Labute approximate surface area is 163 Å². The molecule has 152 valence electrons. The minimum Gasteiger partial charge on any atom is -0.466 e. The van der Waals surface area contributed by atoms with Crippen LogP contribution in [0.15, 0.2) is 18.2 Å². The average molecular weight is 379 g/mol. The molecule has 0 atom stereocenters. The van der Waals surface area contributed by atoms with E-state index in [4.69, 9.17) is 4.74 Å². The van der Waals surface area contributed by atoms with E-state index in [1.807, 2.05) is 26.0 Å². The van der Waals surface area contributed by atoms with Crippen LogP contribution in [0.4, 0.5) is 11.4 Å². The van der Waals surface area contributed by atoms with Gasteiger partial charge in [0.1, 0.15) is 5.69 Å². The van der Waals surface area contributed by atoms with Gasteiger partial charge in [0.05, 0.1) is 18.0 Å². The molecule has 1 aromatic carbocycles. The molecule has 0 saturated carbocycles. The number of carbonyl (C=O) groups excluding carboxylic acids is 1. The lowest BCUT2D eigenvalue weighted by Gasteiger charge is -2.29. The molecule has 0 aromatic heterocycles. The van der Waals surface area contributed by atoms with Crippen LogP contribution < -0.4 is 4.90 Å². The third kappa shape index (κ3) is 6.85. The van der Waals surface area contributed by atoms with Gasteiger partial charge in [0, 0.05) is 24.6 Å². The lowest BCUT2D eigenvalue weighted by Crippen LogP contribution is -2.32. The van der Waals surface area contributed by atoms with Crippen LogP contribution in [-0.2, 0) is 14.9 Å². The molecule has 0 bridgehead atoms. The molecule has 0 N–H and O–H groups in total. The monoisotopic (exact) mass is 378 g/mol. The second-order valence-corrected chi connectivity index (χ2v) is 8.52. The highest BCUT2D eigenvalue weighted by Gasteiger charge is 2.29. The summed E-state index contributed by atoms with van der Waals surface area (Å²) >= 11 is 0. The first kappa shape index (κ1) is 22.9. The highest BCUT2D eigenvalue weighted by molar-refractivity contribution is 5.72. The predicted octanol–water partition coefficient (Wildman–Crippen LogP) is 4.94. The molecule has 1 aromatic rings. The van der Waals surface area contributed by atoms with Crippen molar-refractivity contribution in [3.63, 3.8) is 0 Å². The van der Waals surface area contributed by atoms with Crippen molar-refractivity contribution in [2.45, 2.75) is 60.3 Å². The number of esters is 1. The summed E-state index contributed by atoms with van der Waals surface area (Å²) in [6.45, 7) is 15.8. The molecule has 27 heavy (non-hydrogen) atoms. The van der Waals surface area contributed by atoms with E-state index >= 15 is 0 Å². The Balaban J connectivity index is 3.30. The van der Waals surface area contributed by atoms with Crippen molar-refractivity contribution in [3.05, 3.63) is 33.9 Å². The Morgan fingerprint density at radius 2 is 1.74 bits per heavy atom. The van der Waals surface area contributed by atoms with E-state index in [9.17, 15) is 14.9 Å². The number of carbonyl (C=O) groups is 1. The largest absolute Gasteiger partial charge is 0.466 e. The Morgan fingerprint density at radius 3 is 2.19 bits per heavy atom.